The van der Waals surface area contributed by atoms with E-state index < -0.39 is 6.04 Å². The van der Waals surface area contributed by atoms with Crippen LogP contribution < -0.4 is 34.7 Å². The molecule has 11 heteroatoms. The smallest absolute Gasteiger partial charge is 0.241 e. The predicted octanol–water partition coefficient (Wildman–Crippen LogP) is 5.45. The predicted molar refractivity (Wildman–Crippen MR) is 160 cm³/mol. The molecule has 1 aromatic heterocycles. The molecule has 0 bridgehead atoms. The molecule has 0 fully saturated rings. The molecule has 1 unspecified atom stereocenters. The first kappa shape index (κ1) is 30.6. The molecule has 0 saturated heterocycles. The van der Waals surface area contributed by atoms with Gasteiger partial charge in [-0.3, -0.25) is 4.79 Å². The highest BCUT2D eigenvalue weighted by molar-refractivity contribution is 7.04. The van der Waals surface area contributed by atoms with Crippen LogP contribution >= 0.6 is 23.9 Å². The Morgan fingerprint density at radius 3 is 2.08 bits per heavy atom. The van der Waals surface area contributed by atoms with E-state index in [0.29, 0.717) is 35.1 Å². The average molecular weight is 586 g/mol. The second-order valence-corrected chi connectivity index (χ2v) is 9.18. The third-order valence-corrected chi connectivity index (χ3v) is 6.86. The molecule has 3 N–H and O–H groups in total. The molecule has 1 atom stereocenters. The second kappa shape index (κ2) is 13.9. The lowest BCUT2D eigenvalue weighted by Crippen LogP contribution is -2.37. The molecule has 0 aliphatic rings. The zero-order valence-corrected chi connectivity index (χ0v) is 24.5. The summed E-state index contributed by atoms with van der Waals surface area (Å²) >= 11 is 1.32. The van der Waals surface area contributed by atoms with Gasteiger partial charge in [-0.15, -0.1) is 12.4 Å². The third-order valence-electron chi connectivity index (χ3n) is 6.23. The number of carbonyl (C=O) groups is 1. The summed E-state index contributed by atoms with van der Waals surface area (Å²) in [7, 11) is 7.86. The monoisotopic (exact) mass is 585 g/mol. The van der Waals surface area contributed by atoms with Crippen LogP contribution in [0.4, 0.5) is 5.69 Å². The molecule has 4 aromatic rings. The number of benzene rings is 3. The van der Waals surface area contributed by atoms with Crippen LogP contribution in [0, 0.1) is 0 Å². The van der Waals surface area contributed by atoms with Gasteiger partial charge in [-0.2, -0.15) is 4.37 Å². The molecular weight excluding hydrogens is 554 g/mol. The molecule has 1 amide bonds. The standard InChI is InChI=1S/C29H31N3O6S.ClH/c1-34-20-9-6-17(7-10-20)12-22(30)29(33)31-23-13-18(8-11-24(23)35-2)21-16-39-32-27(21)19-14-25(36-3)28(38-5)26(15-19)37-4;/h6-11,13-16,22H,12,30H2,1-5H3,(H,31,33);1H. The van der Waals surface area contributed by atoms with Crippen molar-refractivity contribution in [3.63, 3.8) is 0 Å². The molecule has 0 radical (unpaired) electrons. The number of carbonyl (C=O) groups excluding carboxylic acids is 1. The lowest BCUT2D eigenvalue weighted by atomic mass is 10.00. The summed E-state index contributed by atoms with van der Waals surface area (Å²) in [5.41, 5.74) is 10.9. The summed E-state index contributed by atoms with van der Waals surface area (Å²) in [4.78, 5) is 13.0. The first-order chi connectivity index (χ1) is 18.9. The number of amides is 1. The number of nitrogens with one attached hydrogen (secondary N) is 1. The van der Waals surface area contributed by atoms with Gasteiger partial charge in [-0.25, -0.2) is 0 Å². The topological polar surface area (TPSA) is 114 Å². The number of hydrogen-bond acceptors (Lipinski definition) is 9. The van der Waals surface area contributed by atoms with Crippen molar-refractivity contribution < 1.29 is 28.5 Å². The van der Waals surface area contributed by atoms with Crippen LogP contribution in [0.3, 0.4) is 0 Å². The minimum absolute atomic E-state index is 0. The quantitative estimate of drug-likeness (QED) is 0.239. The number of nitrogens with two attached hydrogens (primary N) is 1. The van der Waals surface area contributed by atoms with Crippen molar-refractivity contribution in [2.75, 3.05) is 40.9 Å². The van der Waals surface area contributed by atoms with Crippen LogP contribution in [0.1, 0.15) is 5.56 Å². The van der Waals surface area contributed by atoms with Crippen molar-refractivity contribution in [3.05, 3.63) is 65.5 Å². The van der Waals surface area contributed by atoms with Gasteiger partial charge < -0.3 is 34.7 Å². The summed E-state index contributed by atoms with van der Waals surface area (Å²) in [6, 6.07) is 16.0. The Kier molecular flexibility index (Phi) is 10.6. The van der Waals surface area contributed by atoms with E-state index in [4.69, 9.17) is 29.4 Å². The Morgan fingerprint density at radius 2 is 1.50 bits per heavy atom. The molecule has 1 heterocycles. The number of halogens is 1. The van der Waals surface area contributed by atoms with Gasteiger partial charge in [0.15, 0.2) is 11.5 Å². The van der Waals surface area contributed by atoms with Crippen LogP contribution in [-0.2, 0) is 11.2 Å². The van der Waals surface area contributed by atoms with Gasteiger partial charge in [0, 0.05) is 16.5 Å². The second-order valence-electron chi connectivity index (χ2n) is 8.55. The largest absolute Gasteiger partial charge is 0.497 e. The van der Waals surface area contributed by atoms with Crippen molar-refractivity contribution >= 4 is 35.5 Å². The Labute approximate surface area is 243 Å². The lowest BCUT2D eigenvalue weighted by molar-refractivity contribution is -0.117. The number of ether oxygens (including phenoxy) is 5. The van der Waals surface area contributed by atoms with E-state index in [1.54, 1.807) is 41.6 Å². The van der Waals surface area contributed by atoms with Gasteiger partial charge in [-0.05, 0) is 65.5 Å². The van der Waals surface area contributed by atoms with Crippen LogP contribution in [0.5, 0.6) is 28.7 Å². The van der Waals surface area contributed by atoms with Gasteiger partial charge in [0.2, 0.25) is 11.7 Å². The van der Waals surface area contributed by atoms with Gasteiger partial charge in [-0.1, -0.05) is 18.2 Å². The maximum atomic E-state index is 13.0. The highest BCUT2D eigenvalue weighted by atomic mass is 35.5. The molecule has 3 aromatic carbocycles. The van der Waals surface area contributed by atoms with E-state index in [-0.39, 0.29) is 18.3 Å². The van der Waals surface area contributed by atoms with Crippen LogP contribution in [0.2, 0.25) is 0 Å². The zero-order valence-electron chi connectivity index (χ0n) is 22.8. The van der Waals surface area contributed by atoms with Crippen molar-refractivity contribution in [1.29, 1.82) is 0 Å². The molecule has 4 rings (SSSR count). The first-order valence-electron chi connectivity index (χ1n) is 12.0. The first-order valence-corrected chi connectivity index (χ1v) is 12.9. The van der Waals surface area contributed by atoms with Crippen molar-refractivity contribution in [2.24, 2.45) is 5.73 Å². The number of rotatable bonds is 11. The van der Waals surface area contributed by atoms with E-state index in [1.165, 1.54) is 11.5 Å². The fourth-order valence-corrected chi connectivity index (χ4v) is 4.89. The van der Waals surface area contributed by atoms with Gasteiger partial charge in [0.1, 0.15) is 11.5 Å². The summed E-state index contributed by atoms with van der Waals surface area (Å²) in [5.74, 6) is 2.49. The third kappa shape index (κ3) is 6.59. The Bertz CT molecular complexity index is 1420. The molecule has 0 aliphatic carbocycles. The van der Waals surface area contributed by atoms with Gasteiger partial charge in [0.05, 0.1) is 53.0 Å². The summed E-state index contributed by atoms with van der Waals surface area (Å²) in [5, 5.41) is 4.88. The van der Waals surface area contributed by atoms with Crippen molar-refractivity contribution in [1.82, 2.24) is 4.37 Å². The lowest BCUT2D eigenvalue weighted by Gasteiger charge is -2.16. The molecular formula is C29H32ClN3O6S. The molecule has 0 saturated carbocycles. The number of methoxy groups -OCH3 is 5. The van der Waals surface area contributed by atoms with Gasteiger partial charge in [0.25, 0.3) is 0 Å². The SMILES string of the molecule is COc1ccc(CC(N)C(=O)Nc2cc(-c3csnc3-c3cc(OC)c(OC)c(OC)c3)ccc2OC)cc1.Cl. The maximum Gasteiger partial charge on any atom is 0.241 e. The summed E-state index contributed by atoms with van der Waals surface area (Å²) < 4.78 is 31.8. The molecule has 40 heavy (non-hydrogen) atoms. The van der Waals surface area contributed by atoms with Crippen molar-refractivity contribution in [2.45, 2.75) is 12.5 Å². The summed E-state index contributed by atoms with van der Waals surface area (Å²) in [6.45, 7) is 0. The number of anilines is 1. The normalized spacial score (nSPS) is 11.2. The Morgan fingerprint density at radius 1 is 0.850 bits per heavy atom. The van der Waals surface area contributed by atoms with Crippen molar-refractivity contribution in [3.8, 4) is 51.1 Å². The van der Waals surface area contributed by atoms with Crippen LogP contribution in [0.15, 0.2) is 60.0 Å². The average Bonchev–Trinajstić information content (AvgIpc) is 3.46. The maximum absolute atomic E-state index is 13.0. The minimum Gasteiger partial charge on any atom is -0.497 e. The fraction of sp³-hybridized carbons (Fsp3) is 0.241. The van der Waals surface area contributed by atoms with E-state index in [2.05, 4.69) is 9.69 Å². The van der Waals surface area contributed by atoms with E-state index in [0.717, 1.165) is 33.7 Å². The Hall–Kier alpha value is -3.99. The summed E-state index contributed by atoms with van der Waals surface area (Å²) in [6.07, 6.45) is 0.373. The molecule has 0 spiro atoms. The zero-order chi connectivity index (χ0) is 27.9. The van der Waals surface area contributed by atoms with Crippen LogP contribution in [-0.4, -0.2) is 51.9 Å². The molecule has 9 nitrogen and oxygen atoms in total. The Balaban J connectivity index is 0.00000441. The number of nitrogens with zero attached hydrogens (tertiary/aromatic N) is 1. The highest BCUT2D eigenvalue weighted by Gasteiger charge is 2.20. The molecule has 212 valence electrons. The van der Waals surface area contributed by atoms with Crippen LogP contribution in [0.25, 0.3) is 22.4 Å². The fourth-order valence-electron chi connectivity index (χ4n) is 4.17. The van der Waals surface area contributed by atoms with E-state index in [9.17, 15) is 4.79 Å². The number of hydrogen-bond donors (Lipinski definition) is 2. The van der Waals surface area contributed by atoms with E-state index >= 15 is 0 Å². The van der Waals surface area contributed by atoms with E-state index in [1.807, 2.05) is 53.9 Å². The minimum atomic E-state index is -0.760. The van der Waals surface area contributed by atoms with Gasteiger partial charge >= 0.3 is 0 Å². The number of aromatic nitrogens is 1. The molecule has 0 aliphatic heterocycles. The highest BCUT2D eigenvalue weighted by Crippen LogP contribution is 2.44.